The average Bonchev–Trinajstić information content (AvgIpc) is 3.19. The molecule has 0 saturated carbocycles. The van der Waals surface area contributed by atoms with Crippen LogP contribution in [0.2, 0.25) is 0 Å². The second kappa shape index (κ2) is 13.4. The van der Waals surface area contributed by atoms with Crippen molar-refractivity contribution in [1.29, 1.82) is 0 Å². The van der Waals surface area contributed by atoms with Gasteiger partial charge in [-0.15, -0.1) is 0 Å². The monoisotopic (exact) mass is 730 g/mol. The Bertz CT molecular complexity index is 2350. The molecule has 1 atom stereocenters. The molecule has 2 aliphatic rings. The molecule has 0 radical (unpaired) electrons. The normalized spacial score (nSPS) is 13.8. The van der Waals surface area contributed by atoms with Crippen LogP contribution in [0.5, 0.6) is 0 Å². The van der Waals surface area contributed by atoms with Crippen LogP contribution in [0.1, 0.15) is 24.0 Å². The first kappa shape index (κ1) is 32.7. The molecule has 2 aliphatic heterocycles. The fourth-order valence-corrected chi connectivity index (χ4v) is 10.6. The molecule has 2 heterocycles. The molecule has 9 rings (SSSR count). The van der Waals surface area contributed by atoms with Gasteiger partial charge >= 0.3 is 0 Å². The van der Waals surface area contributed by atoms with Crippen LogP contribution in [0.25, 0.3) is 0 Å². The van der Waals surface area contributed by atoms with E-state index in [-0.39, 0.29) is 5.92 Å². The average molecular weight is 731 g/mol. The summed E-state index contributed by atoms with van der Waals surface area (Å²) in [5.41, 5.74) is 9.12. The smallest absolute Gasteiger partial charge is 0.206 e. The molecule has 254 valence electrons. The molecular weight excluding hydrogens is 697 g/mol. The maximum Gasteiger partial charge on any atom is 0.206 e. The maximum absolute atomic E-state index is 13.3. The van der Waals surface area contributed by atoms with Crippen LogP contribution in [0.4, 0.5) is 34.1 Å². The van der Waals surface area contributed by atoms with Crippen molar-refractivity contribution < 1.29 is 8.42 Å². The third-order valence-corrected chi connectivity index (χ3v) is 13.7. The molecule has 52 heavy (non-hydrogen) atoms. The van der Waals surface area contributed by atoms with Gasteiger partial charge in [0.1, 0.15) is 0 Å². The van der Waals surface area contributed by atoms with E-state index in [9.17, 15) is 8.42 Å². The maximum atomic E-state index is 13.3. The van der Waals surface area contributed by atoms with Gasteiger partial charge in [0.05, 0.1) is 32.5 Å². The molecule has 0 N–H and O–H groups in total. The number of sulfone groups is 1. The van der Waals surface area contributed by atoms with Crippen molar-refractivity contribution in [3.8, 4) is 0 Å². The Labute approximate surface area is 313 Å². The van der Waals surface area contributed by atoms with Crippen LogP contribution in [0.15, 0.2) is 199 Å². The second-order valence-electron chi connectivity index (χ2n) is 13.1. The zero-order valence-corrected chi connectivity index (χ0v) is 30.8. The molecule has 4 nitrogen and oxygen atoms in total. The largest absolute Gasteiger partial charge is 0.308 e. The highest BCUT2D eigenvalue weighted by molar-refractivity contribution is 8.00. The minimum absolute atomic E-state index is 0.129. The summed E-state index contributed by atoms with van der Waals surface area (Å²) in [7, 11) is -3.59. The molecule has 7 heteroatoms. The number of para-hydroxylation sites is 4. The highest BCUT2D eigenvalue weighted by Gasteiger charge is 2.29. The lowest BCUT2D eigenvalue weighted by atomic mass is 9.93. The van der Waals surface area contributed by atoms with E-state index in [1.165, 1.54) is 25.1 Å². The van der Waals surface area contributed by atoms with Gasteiger partial charge < -0.3 is 9.80 Å². The highest BCUT2D eigenvalue weighted by atomic mass is 32.2. The van der Waals surface area contributed by atoms with Crippen molar-refractivity contribution in [2.75, 3.05) is 9.80 Å². The van der Waals surface area contributed by atoms with Gasteiger partial charge in [0.2, 0.25) is 9.84 Å². The van der Waals surface area contributed by atoms with Gasteiger partial charge in [-0.2, -0.15) is 0 Å². The topological polar surface area (TPSA) is 40.6 Å². The summed E-state index contributed by atoms with van der Waals surface area (Å²) in [5.74, 6) is 0.129. The van der Waals surface area contributed by atoms with E-state index >= 15 is 0 Å². The predicted molar refractivity (Wildman–Crippen MR) is 215 cm³/mol. The quantitative estimate of drug-likeness (QED) is 0.163. The summed E-state index contributed by atoms with van der Waals surface area (Å²) in [6.45, 7) is 2.22. The molecule has 7 aromatic carbocycles. The van der Waals surface area contributed by atoms with Crippen LogP contribution in [0, 0.1) is 0 Å². The summed E-state index contributed by atoms with van der Waals surface area (Å²) in [5, 5.41) is 0. The number of anilines is 6. The molecule has 0 fully saturated rings. The molecular formula is C45H34N2O2S3. The summed E-state index contributed by atoms with van der Waals surface area (Å²) in [6, 6.07) is 57.6. The SMILES string of the molecule is CC(Cc1cc(N2c3ccccc3Sc3ccccc32)cc(N2c3ccccc3Sc3ccccc32)c1)c1ccc(S(=O)(=O)c2ccccc2)cc1. The van der Waals surface area contributed by atoms with Crippen molar-refractivity contribution in [3.05, 3.63) is 181 Å². The van der Waals surface area contributed by atoms with Crippen molar-refractivity contribution in [2.24, 2.45) is 0 Å². The van der Waals surface area contributed by atoms with E-state index in [1.54, 1.807) is 36.4 Å². The first-order valence-electron chi connectivity index (χ1n) is 17.3. The number of hydrogen-bond acceptors (Lipinski definition) is 6. The van der Waals surface area contributed by atoms with E-state index in [0.717, 1.165) is 46.1 Å². The standard InChI is InChI=1S/C45H34N2O2S3/c1-31(33-23-25-37(26-24-33)52(48,49)36-13-3-2-4-14-36)27-32-28-34(46-38-15-5-9-19-42(38)50-43-20-10-6-16-39(43)46)30-35(29-32)47-40-17-7-11-21-44(40)51-45-22-12-8-18-41(45)47/h2-26,28-31H,27H2,1H3. The lowest BCUT2D eigenvalue weighted by Gasteiger charge is -2.36. The van der Waals surface area contributed by atoms with Gasteiger partial charge in [0.15, 0.2) is 0 Å². The van der Waals surface area contributed by atoms with Gasteiger partial charge in [-0.3, -0.25) is 0 Å². The van der Waals surface area contributed by atoms with Gasteiger partial charge in [-0.25, -0.2) is 8.42 Å². The molecule has 0 saturated heterocycles. The van der Waals surface area contributed by atoms with Gasteiger partial charge in [0, 0.05) is 31.0 Å². The second-order valence-corrected chi connectivity index (χ2v) is 17.2. The molecule has 0 bridgehead atoms. The number of rotatable bonds is 7. The molecule has 7 aromatic rings. The first-order valence-corrected chi connectivity index (χ1v) is 20.4. The van der Waals surface area contributed by atoms with E-state index in [2.05, 4.69) is 132 Å². The zero-order valence-electron chi connectivity index (χ0n) is 28.4. The van der Waals surface area contributed by atoms with Crippen LogP contribution >= 0.6 is 23.5 Å². The summed E-state index contributed by atoms with van der Waals surface area (Å²) in [6.07, 6.45) is 0.767. The molecule has 0 amide bonds. The van der Waals surface area contributed by atoms with Crippen molar-refractivity contribution in [1.82, 2.24) is 0 Å². The molecule has 0 aromatic heterocycles. The minimum atomic E-state index is -3.59. The van der Waals surface area contributed by atoms with E-state index in [0.29, 0.717) is 9.79 Å². The third-order valence-electron chi connectivity index (χ3n) is 9.70. The first-order chi connectivity index (χ1) is 25.4. The fraction of sp³-hybridized carbons (Fsp3) is 0.0667. The Morgan fingerprint density at radius 1 is 0.481 bits per heavy atom. The van der Waals surface area contributed by atoms with Crippen LogP contribution in [-0.4, -0.2) is 8.42 Å². The Balaban J connectivity index is 1.16. The Morgan fingerprint density at radius 2 is 0.865 bits per heavy atom. The Hall–Kier alpha value is -5.21. The van der Waals surface area contributed by atoms with Crippen LogP contribution in [0.3, 0.4) is 0 Å². The number of fused-ring (bicyclic) bond motifs is 4. The summed E-state index contributed by atoms with van der Waals surface area (Å²) < 4.78 is 26.6. The minimum Gasteiger partial charge on any atom is -0.308 e. The van der Waals surface area contributed by atoms with Crippen molar-refractivity contribution in [3.63, 3.8) is 0 Å². The molecule has 0 spiro atoms. The lowest BCUT2D eigenvalue weighted by Crippen LogP contribution is -2.18. The Kier molecular flexibility index (Phi) is 8.42. The summed E-state index contributed by atoms with van der Waals surface area (Å²) >= 11 is 3.62. The Morgan fingerprint density at radius 3 is 1.31 bits per heavy atom. The van der Waals surface area contributed by atoms with Crippen LogP contribution in [-0.2, 0) is 16.3 Å². The fourth-order valence-electron chi connectivity index (χ4n) is 7.18. The van der Waals surface area contributed by atoms with Gasteiger partial charge in [0.25, 0.3) is 0 Å². The van der Waals surface area contributed by atoms with Crippen LogP contribution < -0.4 is 9.80 Å². The van der Waals surface area contributed by atoms with Gasteiger partial charge in [-0.1, -0.05) is 109 Å². The van der Waals surface area contributed by atoms with Gasteiger partial charge in [-0.05, 0) is 114 Å². The zero-order chi connectivity index (χ0) is 35.2. The van der Waals surface area contributed by atoms with Crippen molar-refractivity contribution in [2.45, 2.75) is 48.6 Å². The lowest BCUT2D eigenvalue weighted by molar-refractivity contribution is 0.596. The number of benzene rings is 7. The molecule has 1 unspecified atom stereocenters. The van der Waals surface area contributed by atoms with E-state index in [1.807, 2.05) is 41.7 Å². The van der Waals surface area contributed by atoms with E-state index < -0.39 is 9.84 Å². The third kappa shape index (κ3) is 5.89. The van der Waals surface area contributed by atoms with Crippen molar-refractivity contribution >= 4 is 67.5 Å². The molecule has 0 aliphatic carbocycles. The highest BCUT2D eigenvalue weighted by Crippen LogP contribution is 2.54. The predicted octanol–water partition coefficient (Wildman–Crippen LogP) is 12.7. The summed E-state index contributed by atoms with van der Waals surface area (Å²) in [4.78, 5) is 10.3. The van der Waals surface area contributed by atoms with E-state index in [4.69, 9.17) is 0 Å². The number of nitrogens with zero attached hydrogens (tertiary/aromatic N) is 2. The number of hydrogen-bond donors (Lipinski definition) is 0.